The van der Waals surface area contributed by atoms with Crippen LogP contribution in [0.2, 0.25) is 10.0 Å². The lowest BCUT2D eigenvalue weighted by molar-refractivity contribution is 0.578. The molecule has 6 heteroatoms. The van der Waals surface area contributed by atoms with Crippen molar-refractivity contribution in [3.63, 3.8) is 0 Å². The number of nitrogens with one attached hydrogen (secondary N) is 1. The number of rotatable bonds is 7. The Morgan fingerprint density at radius 3 is 2.61 bits per heavy atom. The Morgan fingerprint density at radius 2 is 2.00 bits per heavy atom. The summed E-state index contributed by atoms with van der Waals surface area (Å²) in [5, 5.41) is 1.14. The smallest absolute Gasteiger partial charge is 0.211 e. The third kappa shape index (κ3) is 5.57. The summed E-state index contributed by atoms with van der Waals surface area (Å²) in [6.45, 7) is 2.32. The van der Waals surface area contributed by atoms with E-state index in [1.54, 1.807) is 12.1 Å². The van der Waals surface area contributed by atoms with Crippen LogP contribution in [0.25, 0.3) is 0 Å². The Kier molecular flexibility index (Phi) is 6.43. The molecule has 0 bridgehead atoms. The minimum absolute atomic E-state index is 0.178. The summed E-state index contributed by atoms with van der Waals surface area (Å²) in [6.07, 6.45) is 2.10. The van der Waals surface area contributed by atoms with Crippen LogP contribution in [-0.2, 0) is 16.4 Å². The topological polar surface area (TPSA) is 46.2 Å². The predicted molar refractivity (Wildman–Crippen MR) is 76.9 cm³/mol. The maximum atomic E-state index is 11.6. The highest BCUT2D eigenvalue weighted by Gasteiger charge is 2.09. The van der Waals surface area contributed by atoms with Gasteiger partial charge in [0.05, 0.1) is 5.75 Å². The van der Waals surface area contributed by atoms with Gasteiger partial charge in [0.25, 0.3) is 0 Å². The highest BCUT2D eigenvalue weighted by Crippen LogP contribution is 2.21. The van der Waals surface area contributed by atoms with Crippen LogP contribution in [0.5, 0.6) is 0 Å². The molecule has 0 saturated heterocycles. The summed E-state index contributed by atoms with van der Waals surface area (Å²) in [6, 6.07) is 5.21. The number of halogens is 2. The van der Waals surface area contributed by atoms with E-state index in [0.717, 1.165) is 12.0 Å². The van der Waals surface area contributed by atoms with Crippen molar-refractivity contribution in [3.05, 3.63) is 33.8 Å². The third-order valence-electron chi connectivity index (χ3n) is 2.50. The standard InChI is InChI=1S/C12H17Cl2NO2S/c1-2-3-8-18(16,17)15-7-6-10-4-5-11(13)9-12(10)14/h4-5,9,15H,2-3,6-8H2,1H3. The Balaban J connectivity index is 2.46. The number of sulfonamides is 1. The van der Waals surface area contributed by atoms with Crippen molar-refractivity contribution in [2.75, 3.05) is 12.3 Å². The largest absolute Gasteiger partial charge is 0.215 e. The molecule has 0 aromatic heterocycles. The summed E-state index contributed by atoms with van der Waals surface area (Å²) in [7, 11) is -3.15. The normalized spacial score (nSPS) is 11.7. The molecule has 0 unspecified atom stereocenters. The molecule has 0 saturated carbocycles. The van der Waals surface area contributed by atoms with E-state index in [1.807, 2.05) is 13.0 Å². The fourth-order valence-corrected chi connectivity index (χ4v) is 3.20. The molecule has 0 fully saturated rings. The maximum absolute atomic E-state index is 11.6. The van der Waals surface area contributed by atoms with Crippen LogP contribution in [-0.4, -0.2) is 20.7 Å². The average molecular weight is 310 g/mol. The Labute approximate surface area is 119 Å². The maximum Gasteiger partial charge on any atom is 0.211 e. The van der Waals surface area contributed by atoms with Gasteiger partial charge in [0.2, 0.25) is 10.0 Å². The van der Waals surface area contributed by atoms with Gasteiger partial charge in [-0.3, -0.25) is 0 Å². The highest BCUT2D eigenvalue weighted by molar-refractivity contribution is 7.89. The molecule has 0 aliphatic heterocycles. The molecular weight excluding hydrogens is 293 g/mol. The first-order valence-electron chi connectivity index (χ1n) is 5.86. The highest BCUT2D eigenvalue weighted by atomic mass is 35.5. The molecule has 18 heavy (non-hydrogen) atoms. The van der Waals surface area contributed by atoms with Gasteiger partial charge in [0.1, 0.15) is 0 Å². The first kappa shape index (κ1) is 15.8. The van der Waals surface area contributed by atoms with Crippen molar-refractivity contribution >= 4 is 33.2 Å². The molecular formula is C12H17Cl2NO2S. The van der Waals surface area contributed by atoms with Gasteiger partial charge in [0, 0.05) is 16.6 Å². The lowest BCUT2D eigenvalue weighted by Gasteiger charge is -2.07. The fraction of sp³-hybridized carbons (Fsp3) is 0.500. The number of benzene rings is 1. The van der Waals surface area contributed by atoms with Crippen LogP contribution in [0.15, 0.2) is 18.2 Å². The van der Waals surface area contributed by atoms with E-state index in [1.165, 1.54) is 0 Å². The summed E-state index contributed by atoms with van der Waals surface area (Å²) >= 11 is 11.8. The minimum atomic E-state index is -3.15. The molecule has 0 amide bonds. The number of unbranched alkanes of at least 4 members (excludes halogenated alkanes) is 1. The van der Waals surface area contributed by atoms with Crippen molar-refractivity contribution in [3.8, 4) is 0 Å². The van der Waals surface area contributed by atoms with Crippen LogP contribution >= 0.6 is 23.2 Å². The summed E-state index contributed by atoms with van der Waals surface area (Å²) in [5.41, 5.74) is 0.888. The molecule has 102 valence electrons. The van der Waals surface area contributed by atoms with Crippen molar-refractivity contribution in [1.29, 1.82) is 0 Å². The zero-order chi connectivity index (χ0) is 13.6. The van der Waals surface area contributed by atoms with E-state index < -0.39 is 10.0 Å². The van der Waals surface area contributed by atoms with Gasteiger partial charge in [-0.1, -0.05) is 42.6 Å². The van der Waals surface area contributed by atoms with E-state index in [2.05, 4.69) is 4.72 Å². The van der Waals surface area contributed by atoms with Crippen molar-refractivity contribution in [2.24, 2.45) is 0 Å². The van der Waals surface area contributed by atoms with Crippen LogP contribution in [0, 0.1) is 0 Å². The van der Waals surface area contributed by atoms with Gasteiger partial charge < -0.3 is 0 Å². The summed E-state index contributed by atoms with van der Waals surface area (Å²) in [5.74, 6) is 0.178. The second kappa shape index (κ2) is 7.34. The van der Waals surface area contributed by atoms with Crippen LogP contribution in [0.3, 0.4) is 0 Å². The Morgan fingerprint density at radius 1 is 1.28 bits per heavy atom. The van der Waals surface area contributed by atoms with Gasteiger partial charge in [-0.2, -0.15) is 0 Å². The zero-order valence-electron chi connectivity index (χ0n) is 10.2. The average Bonchev–Trinajstić information content (AvgIpc) is 2.29. The molecule has 0 aliphatic rings. The molecule has 1 aromatic carbocycles. The molecule has 1 aromatic rings. The Hall–Kier alpha value is -0.290. The molecule has 0 radical (unpaired) electrons. The summed E-state index contributed by atoms with van der Waals surface area (Å²) in [4.78, 5) is 0. The Bertz CT molecular complexity index is 489. The number of hydrogen-bond donors (Lipinski definition) is 1. The van der Waals surface area contributed by atoms with E-state index in [0.29, 0.717) is 29.4 Å². The van der Waals surface area contributed by atoms with Crippen molar-refractivity contribution in [2.45, 2.75) is 26.2 Å². The van der Waals surface area contributed by atoms with E-state index in [4.69, 9.17) is 23.2 Å². The van der Waals surface area contributed by atoms with E-state index in [9.17, 15) is 8.42 Å². The van der Waals surface area contributed by atoms with Crippen LogP contribution in [0.4, 0.5) is 0 Å². The monoisotopic (exact) mass is 309 g/mol. The van der Waals surface area contributed by atoms with Gasteiger partial charge in [0.15, 0.2) is 0 Å². The number of hydrogen-bond acceptors (Lipinski definition) is 2. The molecule has 0 heterocycles. The third-order valence-corrected chi connectivity index (χ3v) is 4.56. The first-order chi connectivity index (χ1) is 8.44. The zero-order valence-corrected chi connectivity index (χ0v) is 12.6. The summed E-state index contributed by atoms with van der Waals surface area (Å²) < 4.78 is 25.7. The van der Waals surface area contributed by atoms with Crippen LogP contribution < -0.4 is 4.72 Å². The molecule has 0 aliphatic carbocycles. The van der Waals surface area contributed by atoms with Crippen molar-refractivity contribution in [1.82, 2.24) is 4.72 Å². The van der Waals surface area contributed by atoms with Gasteiger partial charge >= 0.3 is 0 Å². The van der Waals surface area contributed by atoms with Crippen LogP contribution in [0.1, 0.15) is 25.3 Å². The van der Waals surface area contributed by atoms with Gasteiger partial charge in [-0.05, 0) is 30.5 Å². The minimum Gasteiger partial charge on any atom is -0.215 e. The lowest BCUT2D eigenvalue weighted by atomic mass is 10.1. The van der Waals surface area contributed by atoms with E-state index in [-0.39, 0.29) is 5.75 Å². The second-order valence-electron chi connectivity index (χ2n) is 4.05. The van der Waals surface area contributed by atoms with E-state index >= 15 is 0 Å². The first-order valence-corrected chi connectivity index (χ1v) is 8.26. The molecule has 0 atom stereocenters. The molecule has 1 rings (SSSR count). The molecule has 1 N–H and O–H groups in total. The van der Waals surface area contributed by atoms with Crippen molar-refractivity contribution < 1.29 is 8.42 Å². The van der Waals surface area contributed by atoms with Gasteiger partial charge in [-0.15, -0.1) is 0 Å². The SMILES string of the molecule is CCCCS(=O)(=O)NCCc1ccc(Cl)cc1Cl. The fourth-order valence-electron chi connectivity index (χ4n) is 1.47. The quantitative estimate of drug-likeness (QED) is 0.840. The second-order valence-corrected chi connectivity index (χ2v) is 6.82. The lowest BCUT2D eigenvalue weighted by Crippen LogP contribution is -2.28. The van der Waals surface area contributed by atoms with Gasteiger partial charge in [-0.25, -0.2) is 13.1 Å². The molecule has 3 nitrogen and oxygen atoms in total. The predicted octanol–water partition coefficient (Wildman–Crippen LogP) is 3.26. The molecule has 0 spiro atoms.